The Morgan fingerprint density at radius 3 is 1.79 bits per heavy atom. The van der Waals surface area contributed by atoms with Crippen LogP contribution < -0.4 is 0 Å². The average Bonchev–Trinajstić information content (AvgIpc) is 2.76. The van der Waals surface area contributed by atoms with Crippen LogP contribution in [0.3, 0.4) is 0 Å². The molecule has 1 heterocycles. The van der Waals surface area contributed by atoms with Gasteiger partial charge in [-0.25, -0.2) is 4.79 Å². The van der Waals surface area contributed by atoms with Crippen LogP contribution in [-0.4, -0.2) is 18.4 Å². The van der Waals surface area contributed by atoms with Gasteiger partial charge in [-0.05, 0) is 16.7 Å². The van der Waals surface area contributed by atoms with E-state index >= 15 is 0 Å². The number of Topliss-reactive ketones (excluding diaryl/α,β-unsaturated/α-hetero) is 1. The van der Waals surface area contributed by atoms with Gasteiger partial charge in [0.15, 0.2) is 5.78 Å². The number of benzene rings is 3. The molecule has 138 valence electrons. The van der Waals surface area contributed by atoms with Crippen LogP contribution in [0.25, 0.3) is 5.57 Å². The van der Waals surface area contributed by atoms with Crippen LogP contribution in [-0.2, 0) is 14.3 Å². The van der Waals surface area contributed by atoms with Crippen LogP contribution in [0, 0.1) is 0 Å². The first-order valence-electron chi connectivity index (χ1n) is 9.35. The fourth-order valence-electron chi connectivity index (χ4n) is 3.67. The lowest BCUT2D eigenvalue weighted by Gasteiger charge is -2.24. The van der Waals surface area contributed by atoms with Crippen molar-refractivity contribution < 1.29 is 14.3 Å². The number of cyclic esters (lactones) is 1. The van der Waals surface area contributed by atoms with E-state index < -0.39 is 11.9 Å². The molecule has 0 spiro atoms. The predicted octanol–water partition coefficient (Wildman–Crippen LogP) is 4.79. The molecule has 0 saturated heterocycles. The highest BCUT2D eigenvalue weighted by Gasteiger charge is 2.32. The monoisotopic (exact) mass is 368 g/mol. The number of esters is 1. The first-order valence-corrected chi connectivity index (χ1v) is 9.35. The summed E-state index contributed by atoms with van der Waals surface area (Å²) in [7, 11) is 0. The number of rotatable bonds is 5. The molecule has 0 bridgehead atoms. The minimum Gasteiger partial charge on any atom is -0.462 e. The van der Waals surface area contributed by atoms with Gasteiger partial charge in [-0.15, -0.1) is 0 Å². The van der Waals surface area contributed by atoms with Gasteiger partial charge >= 0.3 is 5.97 Å². The van der Waals surface area contributed by atoms with Crippen molar-refractivity contribution in [1.29, 1.82) is 0 Å². The fourth-order valence-corrected chi connectivity index (χ4v) is 3.67. The van der Waals surface area contributed by atoms with Gasteiger partial charge in [-0.1, -0.05) is 91.0 Å². The van der Waals surface area contributed by atoms with E-state index in [1.807, 2.05) is 91.0 Å². The molecular formula is C25H20O3. The Kier molecular flexibility index (Phi) is 5.16. The smallest absolute Gasteiger partial charge is 0.339 e. The average molecular weight is 368 g/mol. The molecule has 0 N–H and O–H groups in total. The number of hydrogen-bond acceptors (Lipinski definition) is 3. The Balaban J connectivity index is 1.87. The standard InChI is InChI=1S/C25H20O3/c26-24(21-16-17-28-25(27)23(21)20-14-8-3-9-15-20)22(18-10-4-1-5-11-18)19-12-6-2-7-13-19/h1-15,22H,16-17H2. The largest absolute Gasteiger partial charge is 0.462 e. The third kappa shape index (κ3) is 3.52. The van der Waals surface area contributed by atoms with Crippen LogP contribution in [0.15, 0.2) is 96.6 Å². The molecule has 28 heavy (non-hydrogen) atoms. The Bertz CT molecular complexity index is 966. The van der Waals surface area contributed by atoms with Gasteiger partial charge in [0.2, 0.25) is 0 Å². The number of ether oxygens (including phenoxy) is 1. The summed E-state index contributed by atoms with van der Waals surface area (Å²) >= 11 is 0. The van der Waals surface area contributed by atoms with Gasteiger partial charge in [-0.2, -0.15) is 0 Å². The third-order valence-corrected chi connectivity index (χ3v) is 4.98. The number of carbonyl (C=O) groups excluding carboxylic acids is 2. The molecule has 0 saturated carbocycles. The minimum atomic E-state index is -0.456. The normalized spacial score (nSPS) is 14.1. The van der Waals surface area contributed by atoms with Crippen molar-refractivity contribution in [2.45, 2.75) is 12.3 Å². The highest BCUT2D eigenvalue weighted by atomic mass is 16.5. The second kappa shape index (κ2) is 8.05. The van der Waals surface area contributed by atoms with E-state index in [0.29, 0.717) is 17.6 Å². The van der Waals surface area contributed by atoms with Gasteiger partial charge in [0.25, 0.3) is 0 Å². The molecule has 0 atom stereocenters. The van der Waals surface area contributed by atoms with E-state index in [1.165, 1.54) is 0 Å². The summed E-state index contributed by atoms with van der Waals surface area (Å²) in [6.45, 7) is 0.229. The molecule has 0 fully saturated rings. The SMILES string of the molecule is O=C1OCCC(C(=O)C(c2ccccc2)c2ccccc2)=C1c1ccccc1. The second-order valence-electron chi connectivity index (χ2n) is 6.72. The zero-order valence-corrected chi connectivity index (χ0v) is 15.4. The summed E-state index contributed by atoms with van der Waals surface area (Å²) in [6.07, 6.45) is 0.422. The predicted molar refractivity (Wildman–Crippen MR) is 109 cm³/mol. The van der Waals surface area contributed by atoms with Crippen molar-refractivity contribution >= 4 is 17.3 Å². The van der Waals surface area contributed by atoms with Crippen molar-refractivity contribution in [2.24, 2.45) is 0 Å². The van der Waals surface area contributed by atoms with Crippen molar-refractivity contribution in [3.63, 3.8) is 0 Å². The van der Waals surface area contributed by atoms with E-state index in [-0.39, 0.29) is 12.4 Å². The molecule has 3 nitrogen and oxygen atoms in total. The first kappa shape index (κ1) is 17.9. The van der Waals surface area contributed by atoms with Gasteiger partial charge < -0.3 is 4.74 Å². The number of ketones is 1. The molecule has 3 aromatic carbocycles. The molecule has 0 aliphatic carbocycles. The third-order valence-electron chi connectivity index (χ3n) is 4.98. The van der Waals surface area contributed by atoms with Gasteiger partial charge in [-0.3, -0.25) is 4.79 Å². The molecule has 1 aliphatic rings. The Morgan fingerprint density at radius 2 is 1.25 bits per heavy atom. The molecule has 4 rings (SSSR count). The minimum absolute atomic E-state index is 0.0482. The Hall–Kier alpha value is -3.46. The van der Waals surface area contributed by atoms with Crippen LogP contribution in [0.2, 0.25) is 0 Å². The van der Waals surface area contributed by atoms with E-state index in [9.17, 15) is 9.59 Å². The summed E-state index contributed by atoms with van der Waals surface area (Å²) in [5.74, 6) is -0.935. The van der Waals surface area contributed by atoms with Gasteiger partial charge in [0, 0.05) is 12.0 Å². The van der Waals surface area contributed by atoms with Crippen LogP contribution in [0.4, 0.5) is 0 Å². The molecule has 3 aromatic rings. The zero-order chi connectivity index (χ0) is 19.3. The molecular weight excluding hydrogens is 348 g/mol. The maximum atomic E-state index is 13.8. The topological polar surface area (TPSA) is 43.4 Å². The zero-order valence-electron chi connectivity index (χ0n) is 15.4. The van der Waals surface area contributed by atoms with Gasteiger partial charge in [0.05, 0.1) is 18.1 Å². The Morgan fingerprint density at radius 1 is 0.750 bits per heavy atom. The highest BCUT2D eigenvalue weighted by molar-refractivity contribution is 6.25. The second-order valence-corrected chi connectivity index (χ2v) is 6.72. The summed E-state index contributed by atoms with van der Waals surface area (Å²) in [5, 5.41) is 0. The van der Waals surface area contributed by atoms with Crippen molar-refractivity contribution in [1.82, 2.24) is 0 Å². The van der Waals surface area contributed by atoms with Crippen molar-refractivity contribution in [3.05, 3.63) is 113 Å². The molecule has 3 heteroatoms. The molecule has 1 aliphatic heterocycles. The lowest BCUT2D eigenvalue weighted by molar-refractivity contribution is -0.138. The summed E-state index contributed by atoms with van der Waals surface area (Å²) in [4.78, 5) is 26.3. The fraction of sp³-hybridized carbons (Fsp3) is 0.120. The summed E-state index contributed by atoms with van der Waals surface area (Å²) < 4.78 is 5.27. The van der Waals surface area contributed by atoms with E-state index in [2.05, 4.69) is 0 Å². The van der Waals surface area contributed by atoms with E-state index in [0.717, 1.165) is 16.7 Å². The quantitative estimate of drug-likeness (QED) is 0.608. The van der Waals surface area contributed by atoms with Crippen LogP contribution >= 0.6 is 0 Å². The maximum Gasteiger partial charge on any atom is 0.339 e. The Labute approximate surface area is 164 Å². The lowest BCUT2D eigenvalue weighted by atomic mass is 9.81. The summed E-state index contributed by atoms with van der Waals surface area (Å²) in [6, 6.07) is 28.7. The number of hydrogen-bond donors (Lipinski definition) is 0. The van der Waals surface area contributed by atoms with Crippen molar-refractivity contribution in [3.8, 4) is 0 Å². The van der Waals surface area contributed by atoms with Crippen LogP contribution in [0.5, 0.6) is 0 Å². The van der Waals surface area contributed by atoms with Crippen LogP contribution in [0.1, 0.15) is 29.0 Å². The molecule has 0 amide bonds. The van der Waals surface area contributed by atoms with E-state index in [1.54, 1.807) is 0 Å². The molecule has 0 radical (unpaired) electrons. The van der Waals surface area contributed by atoms with Gasteiger partial charge in [0.1, 0.15) is 0 Å². The first-order chi connectivity index (χ1) is 13.8. The van der Waals surface area contributed by atoms with E-state index in [4.69, 9.17) is 4.74 Å². The molecule has 0 aromatic heterocycles. The number of carbonyl (C=O) groups is 2. The molecule has 0 unspecified atom stereocenters. The lowest BCUT2D eigenvalue weighted by Crippen LogP contribution is -2.25. The highest BCUT2D eigenvalue weighted by Crippen LogP contribution is 2.34. The van der Waals surface area contributed by atoms with Crippen molar-refractivity contribution in [2.75, 3.05) is 6.61 Å². The maximum absolute atomic E-state index is 13.8. The summed E-state index contributed by atoms with van der Waals surface area (Å²) in [5.41, 5.74) is 3.47.